The summed E-state index contributed by atoms with van der Waals surface area (Å²) < 4.78 is 14.7. The fraction of sp³-hybridized carbons (Fsp3) is 0.462. The van der Waals surface area contributed by atoms with Crippen LogP contribution in [-0.4, -0.2) is 31.3 Å². The molecule has 1 aromatic rings. The number of halogens is 1. The number of hydrogen-bond acceptors (Lipinski definition) is 2. The monoisotopic (exact) mass is 221 g/mol. The van der Waals surface area contributed by atoms with Crippen LogP contribution in [0.1, 0.15) is 28.8 Å². The molecule has 0 radical (unpaired) electrons. The number of piperidine rings is 1. The summed E-state index contributed by atoms with van der Waals surface area (Å²) in [6.07, 6.45) is 1.68. The van der Waals surface area contributed by atoms with Crippen LogP contribution in [-0.2, 0) is 5.67 Å². The first kappa shape index (κ1) is 11.3. The van der Waals surface area contributed by atoms with Crippen LogP contribution >= 0.6 is 0 Å². The van der Waals surface area contributed by atoms with E-state index in [0.29, 0.717) is 24.0 Å². The highest BCUT2D eigenvalue weighted by Gasteiger charge is 2.36. The van der Waals surface area contributed by atoms with Crippen LogP contribution in [0.4, 0.5) is 4.39 Å². The van der Waals surface area contributed by atoms with E-state index in [2.05, 4.69) is 4.90 Å². The molecular weight excluding hydrogens is 205 g/mol. The van der Waals surface area contributed by atoms with E-state index in [1.54, 1.807) is 24.3 Å². The van der Waals surface area contributed by atoms with Crippen molar-refractivity contribution in [2.24, 2.45) is 0 Å². The molecule has 0 aliphatic carbocycles. The molecule has 3 heteroatoms. The number of aldehydes is 1. The molecule has 0 atom stereocenters. The van der Waals surface area contributed by atoms with Crippen LogP contribution < -0.4 is 0 Å². The molecule has 1 fully saturated rings. The molecule has 0 unspecified atom stereocenters. The smallest absolute Gasteiger partial charge is 0.150 e. The second-order valence-electron chi connectivity index (χ2n) is 4.47. The van der Waals surface area contributed by atoms with Crippen LogP contribution in [0.3, 0.4) is 0 Å². The molecule has 0 saturated carbocycles. The third-order valence-corrected chi connectivity index (χ3v) is 3.35. The summed E-state index contributed by atoms with van der Waals surface area (Å²) in [6.45, 7) is 1.48. The third kappa shape index (κ3) is 2.00. The molecule has 2 nitrogen and oxygen atoms in total. The van der Waals surface area contributed by atoms with Gasteiger partial charge in [-0.15, -0.1) is 0 Å². The number of hydrogen-bond donors (Lipinski definition) is 0. The Labute approximate surface area is 95.1 Å². The summed E-state index contributed by atoms with van der Waals surface area (Å²) in [5.41, 5.74) is -0.294. The van der Waals surface area contributed by atoms with Crippen molar-refractivity contribution in [1.82, 2.24) is 4.90 Å². The Bertz CT molecular complexity index is 383. The highest BCUT2D eigenvalue weighted by Crippen LogP contribution is 2.37. The van der Waals surface area contributed by atoms with Crippen LogP contribution in [0.15, 0.2) is 24.3 Å². The summed E-state index contributed by atoms with van der Waals surface area (Å²) in [4.78, 5) is 13.0. The van der Waals surface area contributed by atoms with Gasteiger partial charge in [0.1, 0.15) is 12.0 Å². The van der Waals surface area contributed by atoms with Gasteiger partial charge in [0.25, 0.3) is 0 Å². The van der Waals surface area contributed by atoms with Gasteiger partial charge in [-0.25, -0.2) is 4.39 Å². The van der Waals surface area contributed by atoms with Gasteiger partial charge in [0, 0.05) is 18.7 Å². The minimum absolute atomic E-state index is 0.467. The minimum atomic E-state index is -1.33. The molecule has 1 aliphatic heterocycles. The van der Waals surface area contributed by atoms with Crippen molar-refractivity contribution in [3.63, 3.8) is 0 Å². The lowest BCUT2D eigenvalue weighted by molar-refractivity contribution is 0.0662. The second-order valence-corrected chi connectivity index (χ2v) is 4.47. The normalized spacial score (nSPS) is 20.6. The fourth-order valence-corrected chi connectivity index (χ4v) is 2.25. The second kappa shape index (κ2) is 4.34. The van der Waals surface area contributed by atoms with Crippen molar-refractivity contribution in [1.29, 1.82) is 0 Å². The zero-order valence-electron chi connectivity index (χ0n) is 9.45. The van der Waals surface area contributed by atoms with E-state index < -0.39 is 5.67 Å². The summed E-state index contributed by atoms with van der Waals surface area (Å²) in [6, 6.07) is 6.98. The molecular formula is C13H16FNO. The fourth-order valence-electron chi connectivity index (χ4n) is 2.25. The Hall–Kier alpha value is -1.22. The minimum Gasteiger partial charge on any atom is -0.306 e. The Kier molecular flexibility index (Phi) is 3.06. The van der Waals surface area contributed by atoms with Gasteiger partial charge in [0.2, 0.25) is 0 Å². The van der Waals surface area contributed by atoms with Gasteiger partial charge in [-0.3, -0.25) is 4.79 Å². The quantitative estimate of drug-likeness (QED) is 0.715. The number of benzene rings is 1. The van der Waals surface area contributed by atoms with E-state index in [0.717, 1.165) is 19.4 Å². The molecule has 1 heterocycles. The van der Waals surface area contributed by atoms with E-state index >= 15 is 0 Å². The van der Waals surface area contributed by atoms with E-state index in [-0.39, 0.29) is 0 Å². The molecule has 0 amide bonds. The van der Waals surface area contributed by atoms with E-state index in [1.807, 2.05) is 7.05 Å². The van der Waals surface area contributed by atoms with Gasteiger partial charge in [0.05, 0.1) is 0 Å². The Morgan fingerprint density at radius 2 is 1.94 bits per heavy atom. The van der Waals surface area contributed by atoms with Crippen LogP contribution in [0.2, 0.25) is 0 Å². The predicted molar refractivity (Wildman–Crippen MR) is 61.3 cm³/mol. The van der Waals surface area contributed by atoms with Crippen LogP contribution in [0.25, 0.3) is 0 Å². The molecule has 0 spiro atoms. The summed E-state index contributed by atoms with van der Waals surface area (Å²) >= 11 is 0. The van der Waals surface area contributed by atoms with Gasteiger partial charge < -0.3 is 4.90 Å². The number of alkyl halides is 1. The Morgan fingerprint density at radius 3 is 2.56 bits per heavy atom. The third-order valence-electron chi connectivity index (χ3n) is 3.35. The van der Waals surface area contributed by atoms with Gasteiger partial charge in [-0.05, 0) is 25.5 Å². The molecule has 2 rings (SSSR count). The lowest BCUT2D eigenvalue weighted by Crippen LogP contribution is -2.38. The zero-order chi connectivity index (χ0) is 11.6. The maximum Gasteiger partial charge on any atom is 0.150 e. The topological polar surface area (TPSA) is 20.3 Å². The molecule has 86 valence electrons. The molecule has 1 aromatic carbocycles. The number of nitrogens with zero attached hydrogens (tertiary/aromatic N) is 1. The maximum absolute atomic E-state index is 14.7. The van der Waals surface area contributed by atoms with Crippen molar-refractivity contribution in [2.45, 2.75) is 18.5 Å². The first-order valence-electron chi connectivity index (χ1n) is 5.58. The molecule has 0 aromatic heterocycles. The SMILES string of the molecule is CN1CCC(F)(c2ccccc2C=O)CC1. The summed E-state index contributed by atoms with van der Waals surface area (Å²) in [5.74, 6) is 0. The zero-order valence-corrected chi connectivity index (χ0v) is 9.45. The average Bonchev–Trinajstić information content (AvgIpc) is 2.33. The van der Waals surface area contributed by atoms with E-state index in [1.165, 1.54) is 0 Å². The first-order valence-corrected chi connectivity index (χ1v) is 5.58. The van der Waals surface area contributed by atoms with Gasteiger partial charge in [-0.2, -0.15) is 0 Å². The van der Waals surface area contributed by atoms with Gasteiger partial charge in [0.15, 0.2) is 0 Å². The van der Waals surface area contributed by atoms with E-state index in [4.69, 9.17) is 0 Å². The summed E-state index contributed by atoms with van der Waals surface area (Å²) in [5, 5.41) is 0. The highest BCUT2D eigenvalue weighted by molar-refractivity contribution is 5.77. The Morgan fingerprint density at radius 1 is 1.31 bits per heavy atom. The maximum atomic E-state index is 14.7. The van der Waals surface area contributed by atoms with Gasteiger partial charge in [-0.1, -0.05) is 24.3 Å². The molecule has 0 N–H and O–H groups in total. The van der Waals surface area contributed by atoms with Gasteiger partial charge >= 0.3 is 0 Å². The standard InChI is InChI=1S/C13H16FNO/c1-15-8-6-13(14,7-9-15)12-5-3-2-4-11(12)10-16/h2-5,10H,6-9H2,1H3. The van der Waals surface area contributed by atoms with Crippen molar-refractivity contribution >= 4 is 6.29 Å². The average molecular weight is 221 g/mol. The highest BCUT2D eigenvalue weighted by atomic mass is 19.1. The lowest BCUT2D eigenvalue weighted by atomic mass is 9.84. The van der Waals surface area contributed by atoms with Crippen molar-refractivity contribution in [3.8, 4) is 0 Å². The van der Waals surface area contributed by atoms with Crippen molar-refractivity contribution < 1.29 is 9.18 Å². The van der Waals surface area contributed by atoms with Crippen molar-refractivity contribution in [3.05, 3.63) is 35.4 Å². The van der Waals surface area contributed by atoms with E-state index in [9.17, 15) is 9.18 Å². The number of carbonyl (C=O) groups excluding carboxylic acids is 1. The first-order chi connectivity index (χ1) is 7.65. The lowest BCUT2D eigenvalue weighted by Gasteiger charge is -2.35. The number of rotatable bonds is 2. The number of carbonyl (C=O) groups is 1. The molecule has 16 heavy (non-hydrogen) atoms. The Balaban J connectivity index is 2.32. The van der Waals surface area contributed by atoms with Crippen LogP contribution in [0, 0.1) is 0 Å². The molecule has 1 aliphatic rings. The summed E-state index contributed by atoms with van der Waals surface area (Å²) in [7, 11) is 1.99. The largest absolute Gasteiger partial charge is 0.306 e. The van der Waals surface area contributed by atoms with Crippen molar-refractivity contribution in [2.75, 3.05) is 20.1 Å². The molecule has 1 saturated heterocycles. The predicted octanol–water partition coefficient (Wildman–Crippen LogP) is 2.39. The number of likely N-dealkylation sites (tertiary alicyclic amines) is 1. The molecule has 0 bridgehead atoms. The van der Waals surface area contributed by atoms with Crippen LogP contribution in [0.5, 0.6) is 0 Å².